The van der Waals surface area contributed by atoms with E-state index < -0.39 is 5.97 Å². The van der Waals surface area contributed by atoms with Crippen LogP contribution in [0.15, 0.2) is 36.9 Å². The van der Waals surface area contributed by atoms with E-state index >= 15 is 0 Å². The van der Waals surface area contributed by atoms with Gasteiger partial charge in [-0.1, -0.05) is 5.21 Å². The van der Waals surface area contributed by atoms with Crippen molar-refractivity contribution in [1.82, 2.24) is 39.6 Å². The number of carboxylic acid groups (broad SMARTS) is 1. The molecule has 4 rings (SSSR count). The molecule has 0 aliphatic carbocycles. The van der Waals surface area contributed by atoms with Crippen molar-refractivity contribution in [3.63, 3.8) is 0 Å². The normalized spacial score (nSPS) is 14.7. The van der Waals surface area contributed by atoms with E-state index in [1.165, 1.54) is 16.9 Å². The maximum Gasteiger partial charge on any atom is 0.337 e. The number of carboxylic acids is 1. The molecule has 11 heteroatoms. The number of pyridine rings is 1. The lowest BCUT2D eigenvalue weighted by Crippen LogP contribution is -2.48. The van der Waals surface area contributed by atoms with Crippen LogP contribution in [0.5, 0.6) is 0 Å². The summed E-state index contributed by atoms with van der Waals surface area (Å²) < 4.78 is 3.32. The van der Waals surface area contributed by atoms with Gasteiger partial charge in [0.2, 0.25) is 5.91 Å². The fourth-order valence-electron chi connectivity index (χ4n) is 3.59. The summed E-state index contributed by atoms with van der Waals surface area (Å²) in [6.45, 7) is 3.51. The maximum absolute atomic E-state index is 12.5. The highest BCUT2D eigenvalue weighted by atomic mass is 16.4. The molecule has 3 aromatic heterocycles. The van der Waals surface area contributed by atoms with Crippen molar-refractivity contribution in [2.24, 2.45) is 7.05 Å². The van der Waals surface area contributed by atoms with Crippen LogP contribution in [0, 0.1) is 0 Å². The first-order valence-corrected chi connectivity index (χ1v) is 10.1. The van der Waals surface area contributed by atoms with Crippen LogP contribution < -0.4 is 0 Å². The zero-order valence-corrected chi connectivity index (χ0v) is 17.3. The lowest BCUT2D eigenvalue weighted by Gasteiger charge is -2.34. The van der Waals surface area contributed by atoms with Gasteiger partial charge in [-0.3, -0.25) is 19.4 Å². The van der Waals surface area contributed by atoms with Crippen LogP contribution in [0.25, 0.3) is 5.69 Å². The first kappa shape index (κ1) is 20.7. The van der Waals surface area contributed by atoms with E-state index in [9.17, 15) is 9.59 Å². The van der Waals surface area contributed by atoms with Crippen LogP contribution in [0.2, 0.25) is 0 Å². The standard InChI is InChI=1S/C20H24N8O3/c1-25-17(4-5-22-25)2-3-19(29)27-8-6-26(7-9-27)13-16-14-28(24-23-16)18-10-15(20(30)31)11-21-12-18/h4-5,10-12,14H,2-3,6-9,13H2,1H3,(H,30,31). The average molecular weight is 424 g/mol. The Morgan fingerprint density at radius 2 is 1.97 bits per heavy atom. The van der Waals surface area contributed by atoms with E-state index in [2.05, 4.69) is 25.3 Å². The molecule has 1 aliphatic heterocycles. The molecule has 31 heavy (non-hydrogen) atoms. The molecule has 0 spiro atoms. The summed E-state index contributed by atoms with van der Waals surface area (Å²) in [5.74, 6) is -0.875. The largest absolute Gasteiger partial charge is 0.478 e. The Bertz CT molecular complexity index is 1070. The van der Waals surface area contributed by atoms with Crippen molar-refractivity contribution in [3.05, 3.63) is 53.9 Å². The lowest BCUT2D eigenvalue weighted by molar-refractivity contribution is -0.133. The van der Waals surface area contributed by atoms with E-state index in [0.717, 1.165) is 24.5 Å². The molecule has 1 aliphatic rings. The Morgan fingerprint density at radius 3 is 2.68 bits per heavy atom. The van der Waals surface area contributed by atoms with Gasteiger partial charge in [-0.25, -0.2) is 9.48 Å². The van der Waals surface area contributed by atoms with Gasteiger partial charge >= 0.3 is 5.97 Å². The number of hydrogen-bond donors (Lipinski definition) is 1. The number of nitrogens with zero attached hydrogens (tertiary/aromatic N) is 8. The first-order chi connectivity index (χ1) is 15.0. The summed E-state index contributed by atoms with van der Waals surface area (Å²) in [7, 11) is 1.88. The van der Waals surface area contributed by atoms with E-state index in [1.54, 1.807) is 23.3 Å². The minimum absolute atomic E-state index is 0.0960. The number of aromatic nitrogens is 6. The quantitative estimate of drug-likeness (QED) is 0.577. The van der Waals surface area contributed by atoms with Crippen molar-refractivity contribution in [3.8, 4) is 5.69 Å². The van der Waals surface area contributed by atoms with Crippen LogP contribution >= 0.6 is 0 Å². The van der Waals surface area contributed by atoms with Crippen molar-refractivity contribution >= 4 is 11.9 Å². The number of rotatable bonds is 7. The van der Waals surface area contributed by atoms with Gasteiger partial charge in [0.25, 0.3) is 0 Å². The summed E-state index contributed by atoms with van der Waals surface area (Å²) in [5.41, 5.74) is 2.47. The summed E-state index contributed by atoms with van der Waals surface area (Å²) in [4.78, 5) is 31.7. The minimum atomic E-state index is -1.04. The van der Waals surface area contributed by atoms with E-state index in [-0.39, 0.29) is 11.5 Å². The molecule has 4 heterocycles. The lowest BCUT2D eigenvalue weighted by atomic mass is 10.2. The summed E-state index contributed by atoms with van der Waals surface area (Å²) >= 11 is 0. The number of hydrogen-bond acceptors (Lipinski definition) is 7. The van der Waals surface area contributed by atoms with Gasteiger partial charge in [-0.05, 0) is 18.6 Å². The second-order valence-corrected chi connectivity index (χ2v) is 7.49. The topological polar surface area (TPSA) is 122 Å². The van der Waals surface area contributed by atoms with Crippen molar-refractivity contribution in [2.45, 2.75) is 19.4 Å². The average Bonchev–Trinajstić information content (AvgIpc) is 3.41. The van der Waals surface area contributed by atoms with Crippen molar-refractivity contribution in [2.75, 3.05) is 26.2 Å². The van der Waals surface area contributed by atoms with Crippen LogP contribution in [0.4, 0.5) is 0 Å². The number of aryl methyl sites for hydroxylation is 2. The smallest absolute Gasteiger partial charge is 0.337 e. The molecule has 11 nitrogen and oxygen atoms in total. The monoisotopic (exact) mass is 424 g/mol. The highest BCUT2D eigenvalue weighted by Gasteiger charge is 2.22. The molecule has 0 saturated carbocycles. The molecule has 162 valence electrons. The number of carbonyl (C=O) groups is 2. The minimum Gasteiger partial charge on any atom is -0.478 e. The first-order valence-electron chi connectivity index (χ1n) is 10.1. The second-order valence-electron chi connectivity index (χ2n) is 7.49. The molecular formula is C20H24N8O3. The summed E-state index contributed by atoms with van der Waals surface area (Å²) in [6, 6.07) is 3.44. The van der Waals surface area contributed by atoms with E-state index in [0.29, 0.717) is 38.2 Å². The van der Waals surface area contributed by atoms with Crippen molar-refractivity contribution in [1.29, 1.82) is 0 Å². The van der Waals surface area contributed by atoms with Gasteiger partial charge in [0.05, 0.1) is 29.3 Å². The van der Waals surface area contributed by atoms with Gasteiger partial charge in [0, 0.05) is 64.3 Å². The molecule has 1 amide bonds. The summed E-state index contributed by atoms with van der Waals surface area (Å²) in [6.07, 6.45) is 7.53. The molecule has 1 fully saturated rings. The van der Waals surface area contributed by atoms with Gasteiger partial charge in [-0.15, -0.1) is 5.10 Å². The molecule has 1 N–H and O–H groups in total. The molecule has 0 radical (unpaired) electrons. The third kappa shape index (κ3) is 4.94. The Labute approximate surface area is 178 Å². The highest BCUT2D eigenvalue weighted by molar-refractivity contribution is 5.87. The Balaban J connectivity index is 1.27. The number of piperazine rings is 1. The second kappa shape index (κ2) is 9.04. The molecule has 0 bridgehead atoms. The fraction of sp³-hybridized carbons (Fsp3) is 0.400. The third-order valence-corrected chi connectivity index (χ3v) is 5.40. The number of carbonyl (C=O) groups excluding carboxylic acids is 1. The predicted molar refractivity (Wildman–Crippen MR) is 109 cm³/mol. The van der Waals surface area contributed by atoms with Crippen LogP contribution in [-0.4, -0.2) is 82.7 Å². The molecule has 0 unspecified atom stereocenters. The van der Waals surface area contributed by atoms with Crippen LogP contribution in [0.3, 0.4) is 0 Å². The van der Waals surface area contributed by atoms with Crippen molar-refractivity contribution < 1.29 is 14.7 Å². The third-order valence-electron chi connectivity index (χ3n) is 5.40. The summed E-state index contributed by atoms with van der Waals surface area (Å²) in [5, 5.41) is 21.5. The predicted octanol–water partition coefficient (Wildman–Crippen LogP) is 0.371. The molecular weight excluding hydrogens is 400 g/mol. The molecule has 1 saturated heterocycles. The Morgan fingerprint density at radius 1 is 1.16 bits per heavy atom. The van der Waals surface area contributed by atoms with Gasteiger partial charge < -0.3 is 10.0 Å². The maximum atomic E-state index is 12.5. The Kier molecular flexibility index (Phi) is 6.03. The SMILES string of the molecule is Cn1nccc1CCC(=O)N1CCN(Cc2cn(-c3cncc(C(=O)O)c3)nn2)CC1. The van der Waals surface area contributed by atoms with Crippen LogP contribution in [0.1, 0.15) is 28.2 Å². The van der Waals surface area contributed by atoms with Gasteiger partial charge in [0.1, 0.15) is 0 Å². The zero-order valence-electron chi connectivity index (χ0n) is 17.3. The Hall–Kier alpha value is -3.60. The number of aromatic carboxylic acids is 1. The van der Waals surface area contributed by atoms with E-state index in [4.69, 9.17) is 5.11 Å². The van der Waals surface area contributed by atoms with Crippen LogP contribution in [-0.2, 0) is 24.8 Å². The molecule has 0 aromatic carbocycles. The molecule has 0 atom stereocenters. The van der Waals surface area contributed by atoms with Gasteiger partial charge in [-0.2, -0.15) is 5.10 Å². The van der Waals surface area contributed by atoms with E-state index in [1.807, 2.05) is 18.0 Å². The highest BCUT2D eigenvalue weighted by Crippen LogP contribution is 2.12. The molecule has 3 aromatic rings. The fourth-order valence-corrected chi connectivity index (χ4v) is 3.59. The zero-order chi connectivity index (χ0) is 21.8. The van der Waals surface area contributed by atoms with Gasteiger partial charge in [0.15, 0.2) is 0 Å². The number of amides is 1.